The second kappa shape index (κ2) is 5.94. The van der Waals surface area contributed by atoms with Crippen LogP contribution in [-0.4, -0.2) is 6.10 Å². The number of hydrogen-bond donors (Lipinski definition) is 1. The molecule has 2 nitrogen and oxygen atoms in total. The van der Waals surface area contributed by atoms with Crippen molar-refractivity contribution in [2.24, 2.45) is 11.8 Å². The third-order valence-corrected chi connectivity index (χ3v) is 4.36. The number of nitrogen functional groups attached to an aromatic ring is 1. The summed E-state index contributed by atoms with van der Waals surface area (Å²) in [6.07, 6.45) is 3.94. The highest BCUT2D eigenvalue weighted by Crippen LogP contribution is 2.31. The average molecular weight is 268 g/mol. The van der Waals surface area contributed by atoms with Gasteiger partial charge >= 0.3 is 0 Å². The van der Waals surface area contributed by atoms with Gasteiger partial charge in [-0.3, -0.25) is 0 Å². The maximum atomic E-state index is 5.98. The van der Waals surface area contributed by atoms with Gasteiger partial charge in [-0.1, -0.05) is 25.4 Å². The lowest BCUT2D eigenvalue weighted by atomic mass is 9.80. The molecule has 1 aromatic carbocycles. The normalized spacial score (nSPS) is 28.3. The molecule has 0 radical (unpaired) electrons. The van der Waals surface area contributed by atoms with Crippen molar-refractivity contribution in [3.8, 4) is 0 Å². The molecule has 2 rings (SSSR count). The summed E-state index contributed by atoms with van der Waals surface area (Å²) in [6.45, 7) is 5.21. The Morgan fingerprint density at radius 2 is 2.06 bits per heavy atom. The van der Waals surface area contributed by atoms with Gasteiger partial charge in [-0.15, -0.1) is 0 Å². The van der Waals surface area contributed by atoms with Crippen molar-refractivity contribution in [3.63, 3.8) is 0 Å². The Kier molecular flexibility index (Phi) is 4.52. The van der Waals surface area contributed by atoms with Gasteiger partial charge in [0.1, 0.15) is 0 Å². The number of rotatable bonds is 3. The minimum Gasteiger partial charge on any atom is -0.398 e. The van der Waals surface area contributed by atoms with Crippen LogP contribution in [0.5, 0.6) is 0 Å². The molecule has 0 bridgehead atoms. The molecule has 3 unspecified atom stereocenters. The molecule has 1 saturated carbocycles. The van der Waals surface area contributed by atoms with Crippen LogP contribution >= 0.6 is 11.6 Å². The van der Waals surface area contributed by atoms with Crippen molar-refractivity contribution < 1.29 is 4.74 Å². The Balaban J connectivity index is 1.90. The molecule has 1 aliphatic carbocycles. The predicted octanol–water partition coefficient (Wildman–Crippen LogP) is 4.26. The molecule has 0 heterocycles. The Morgan fingerprint density at radius 3 is 2.78 bits per heavy atom. The Bertz CT molecular complexity index is 407. The highest BCUT2D eigenvalue weighted by molar-refractivity contribution is 6.30. The minimum absolute atomic E-state index is 0.370. The summed E-state index contributed by atoms with van der Waals surface area (Å²) in [5.41, 5.74) is 7.67. The Morgan fingerprint density at radius 1 is 1.28 bits per heavy atom. The second-order valence-corrected chi connectivity index (χ2v) is 5.98. The van der Waals surface area contributed by atoms with E-state index in [-0.39, 0.29) is 0 Å². The molecule has 0 aromatic heterocycles. The van der Waals surface area contributed by atoms with Crippen molar-refractivity contribution in [3.05, 3.63) is 28.8 Å². The molecule has 2 N–H and O–H groups in total. The van der Waals surface area contributed by atoms with Crippen molar-refractivity contribution in [1.82, 2.24) is 0 Å². The van der Waals surface area contributed by atoms with Crippen LogP contribution in [0.1, 0.15) is 38.7 Å². The van der Waals surface area contributed by atoms with Gasteiger partial charge in [-0.25, -0.2) is 0 Å². The van der Waals surface area contributed by atoms with Crippen molar-refractivity contribution in [2.75, 3.05) is 5.73 Å². The molecular weight excluding hydrogens is 246 g/mol. The molecule has 0 aliphatic heterocycles. The van der Waals surface area contributed by atoms with E-state index in [0.29, 0.717) is 17.7 Å². The number of hydrogen-bond acceptors (Lipinski definition) is 2. The molecule has 1 aliphatic rings. The van der Waals surface area contributed by atoms with E-state index in [0.717, 1.165) is 35.9 Å². The highest BCUT2D eigenvalue weighted by atomic mass is 35.5. The van der Waals surface area contributed by atoms with Gasteiger partial charge in [0.2, 0.25) is 0 Å². The van der Waals surface area contributed by atoms with E-state index >= 15 is 0 Å². The van der Waals surface area contributed by atoms with E-state index < -0.39 is 0 Å². The fourth-order valence-electron chi connectivity index (χ4n) is 2.56. The standard InChI is InChI=1S/C15H22ClNO/c1-10-3-5-14(7-11(10)2)18-9-12-8-13(16)4-6-15(12)17/h4,6,8,10-11,14H,3,5,7,9,17H2,1-2H3. The topological polar surface area (TPSA) is 35.2 Å². The number of benzene rings is 1. The summed E-state index contributed by atoms with van der Waals surface area (Å²) in [5, 5.41) is 0.716. The van der Waals surface area contributed by atoms with Gasteiger partial charge < -0.3 is 10.5 Å². The zero-order valence-electron chi connectivity index (χ0n) is 11.2. The van der Waals surface area contributed by atoms with Gasteiger partial charge in [-0.2, -0.15) is 0 Å². The largest absolute Gasteiger partial charge is 0.398 e. The van der Waals surface area contributed by atoms with Gasteiger partial charge in [0.15, 0.2) is 0 Å². The lowest BCUT2D eigenvalue weighted by molar-refractivity contribution is -0.00722. The summed E-state index contributed by atoms with van der Waals surface area (Å²) < 4.78 is 5.98. The van der Waals surface area contributed by atoms with E-state index in [1.807, 2.05) is 18.2 Å². The average Bonchev–Trinajstić information content (AvgIpc) is 2.34. The summed E-state index contributed by atoms with van der Waals surface area (Å²) in [7, 11) is 0. The maximum absolute atomic E-state index is 5.98. The molecular formula is C15H22ClNO. The number of halogens is 1. The fourth-order valence-corrected chi connectivity index (χ4v) is 2.75. The summed E-state index contributed by atoms with van der Waals surface area (Å²) in [5.74, 6) is 1.57. The van der Waals surface area contributed by atoms with Gasteiger partial charge in [0, 0.05) is 16.3 Å². The molecule has 3 atom stereocenters. The van der Waals surface area contributed by atoms with Crippen LogP contribution in [0.25, 0.3) is 0 Å². The van der Waals surface area contributed by atoms with Crippen LogP contribution in [0.15, 0.2) is 18.2 Å². The molecule has 3 heteroatoms. The first-order valence-corrected chi connectivity index (χ1v) is 7.09. The maximum Gasteiger partial charge on any atom is 0.0741 e. The van der Waals surface area contributed by atoms with Crippen molar-refractivity contribution in [2.45, 2.75) is 45.8 Å². The van der Waals surface area contributed by atoms with E-state index in [4.69, 9.17) is 22.1 Å². The lowest BCUT2D eigenvalue weighted by Crippen LogP contribution is -2.26. The SMILES string of the molecule is CC1CCC(OCc2cc(Cl)ccc2N)CC1C. The van der Waals surface area contributed by atoms with Crippen LogP contribution in [0.4, 0.5) is 5.69 Å². The molecule has 100 valence electrons. The zero-order valence-corrected chi connectivity index (χ0v) is 11.9. The molecule has 0 saturated heterocycles. The van der Waals surface area contributed by atoms with Crippen molar-refractivity contribution in [1.29, 1.82) is 0 Å². The third-order valence-electron chi connectivity index (χ3n) is 4.13. The summed E-state index contributed by atoms with van der Waals surface area (Å²) in [4.78, 5) is 0. The minimum atomic E-state index is 0.370. The molecule has 0 amide bonds. The Hall–Kier alpha value is -0.730. The highest BCUT2D eigenvalue weighted by Gasteiger charge is 2.25. The number of ether oxygens (including phenoxy) is 1. The molecule has 0 spiro atoms. The number of anilines is 1. The first-order chi connectivity index (χ1) is 8.56. The lowest BCUT2D eigenvalue weighted by Gasteiger charge is -2.32. The van der Waals surface area contributed by atoms with Crippen LogP contribution < -0.4 is 5.73 Å². The quantitative estimate of drug-likeness (QED) is 0.831. The predicted molar refractivity (Wildman–Crippen MR) is 76.6 cm³/mol. The van der Waals surface area contributed by atoms with Crippen LogP contribution in [0.2, 0.25) is 5.02 Å². The molecule has 18 heavy (non-hydrogen) atoms. The van der Waals surface area contributed by atoms with Crippen LogP contribution in [0.3, 0.4) is 0 Å². The monoisotopic (exact) mass is 267 g/mol. The summed E-state index contributed by atoms with van der Waals surface area (Å²) >= 11 is 5.97. The first kappa shape index (κ1) is 13.7. The van der Waals surface area contributed by atoms with Gasteiger partial charge in [-0.05, 0) is 49.3 Å². The second-order valence-electron chi connectivity index (χ2n) is 5.54. The molecule has 1 aromatic rings. The van der Waals surface area contributed by atoms with Gasteiger partial charge in [0.05, 0.1) is 12.7 Å². The molecule has 1 fully saturated rings. The zero-order chi connectivity index (χ0) is 13.1. The van der Waals surface area contributed by atoms with E-state index in [9.17, 15) is 0 Å². The summed E-state index contributed by atoms with van der Waals surface area (Å²) in [6, 6.07) is 5.54. The van der Waals surface area contributed by atoms with Crippen LogP contribution in [-0.2, 0) is 11.3 Å². The number of nitrogens with two attached hydrogens (primary N) is 1. The first-order valence-electron chi connectivity index (χ1n) is 6.71. The smallest absolute Gasteiger partial charge is 0.0741 e. The third kappa shape index (κ3) is 3.39. The Labute approximate surface area is 114 Å². The van der Waals surface area contributed by atoms with E-state index in [1.54, 1.807) is 0 Å². The van der Waals surface area contributed by atoms with E-state index in [2.05, 4.69) is 13.8 Å². The van der Waals surface area contributed by atoms with Gasteiger partial charge in [0.25, 0.3) is 0 Å². The van der Waals surface area contributed by atoms with E-state index in [1.165, 1.54) is 6.42 Å². The van der Waals surface area contributed by atoms with Crippen LogP contribution in [0, 0.1) is 11.8 Å². The fraction of sp³-hybridized carbons (Fsp3) is 0.600. The van der Waals surface area contributed by atoms with Crippen molar-refractivity contribution >= 4 is 17.3 Å².